The van der Waals surface area contributed by atoms with E-state index in [-0.39, 0.29) is 0 Å². The molecule has 0 aromatic heterocycles. The summed E-state index contributed by atoms with van der Waals surface area (Å²) in [6.07, 6.45) is 9.05. The first kappa shape index (κ1) is 7.89. The predicted octanol–water partition coefficient (Wildman–Crippen LogP) is 2.09. The van der Waals surface area contributed by atoms with Crippen molar-refractivity contribution in [3.63, 3.8) is 0 Å². The lowest BCUT2D eigenvalue weighted by molar-refractivity contribution is 1.11. The van der Waals surface area contributed by atoms with Crippen molar-refractivity contribution in [3.8, 4) is 0 Å². The largest absolute Gasteiger partial charge is 0.324 e. The molecule has 2 aliphatic rings. The van der Waals surface area contributed by atoms with Crippen LogP contribution in [0, 0.1) is 6.08 Å². The number of nitrogens with one attached hydrogen (secondary N) is 2. The van der Waals surface area contributed by atoms with Crippen molar-refractivity contribution in [2.45, 2.75) is 0 Å². The highest BCUT2D eigenvalue weighted by atomic mass is 32.2. The monoisotopic (exact) mass is 195 g/mol. The molecule has 0 atom stereocenters. The molecule has 0 fully saturated rings. The van der Waals surface area contributed by atoms with Gasteiger partial charge >= 0.3 is 0 Å². The summed E-state index contributed by atoms with van der Waals surface area (Å²) < 4.78 is 6.32. The van der Waals surface area contributed by atoms with E-state index >= 15 is 0 Å². The van der Waals surface area contributed by atoms with Gasteiger partial charge in [0.05, 0.1) is 11.4 Å². The van der Waals surface area contributed by atoms with Crippen molar-refractivity contribution in [3.05, 3.63) is 46.5 Å². The molecule has 2 aliphatic heterocycles. The maximum absolute atomic E-state index is 3.17. The smallest absolute Gasteiger partial charge is 0.0766 e. The molecule has 61 valence electrons. The summed E-state index contributed by atoms with van der Waals surface area (Å²) in [6.45, 7) is 0. The van der Waals surface area contributed by atoms with E-state index < -0.39 is 0 Å². The molecule has 2 rings (SSSR count). The highest BCUT2D eigenvalue weighted by molar-refractivity contribution is 8.00. The van der Waals surface area contributed by atoms with Crippen LogP contribution in [0.15, 0.2) is 40.4 Å². The van der Waals surface area contributed by atoms with Crippen LogP contribution in [0.4, 0.5) is 0 Å². The van der Waals surface area contributed by atoms with Gasteiger partial charge in [-0.1, -0.05) is 6.08 Å². The van der Waals surface area contributed by atoms with Gasteiger partial charge in [0, 0.05) is 6.08 Å². The summed E-state index contributed by atoms with van der Waals surface area (Å²) in [7, 11) is 0. The van der Waals surface area contributed by atoms with Crippen molar-refractivity contribution in [2.75, 3.05) is 0 Å². The third-order valence-electron chi connectivity index (χ3n) is 1.37. The van der Waals surface area contributed by atoms with E-state index in [2.05, 4.69) is 15.5 Å². The minimum Gasteiger partial charge on any atom is -0.324 e. The van der Waals surface area contributed by atoms with Gasteiger partial charge in [0.2, 0.25) is 0 Å². The van der Waals surface area contributed by atoms with Gasteiger partial charge in [-0.05, 0) is 46.9 Å². The van der Waals surface area contributed by atoms with Gasteiger partial charge in [0.1, 0.15) is 0 Å². The Kier molecular flexibility index (Phi) is 2.48. The summed E-state index contributed by atoms with van der Waals surface area (Å²) in [6, 6.07) is 0. The van der Waals surface area contributed by atoms with E-state index in [1.54, 1.807) is 23.9 Å². The minimum atomic E-state index is 0.999. The van der Waals surface area contributed by atoms with Gasteiger partial charge in [0.15, 0.2) is 0 Å². The Labute approximate surface area is 80.1 Å². The Bertz CT molecular complexity index is 259. The number of rotatable bonds is 1. The first-order valence-corrected chi connectivity index (χ1v) is 5.22. The number of hydrogen-bond acceptors (Lipinski definition) is 4. The lowest BCUT2D eigenvalue weighted by Gasteiger charge is -2.15. The van der Waals surface area contributed by atoms with Crippen molar-refractivity contribution in [1.29, 1.82) is 0 Å². The van der Waals surface area contributed by atoms with Crippen LogP contribution in [0.3, 0.4) is 0 Å². The van der Waals surface area contributed by atoms with Gasteiger partial charge in [-0.2, -0.15) is 0 Å². The summed E-state index contributed by atoms with van der Waals surface area (Å²) in [5.74, 6) is 0. The molecule has 0 amide bonds. The van der Waals surface area contributed by atoms with Gasteiger partial charge in [0.25, 0.3) is 0 Å². The van der Waals surface area contributed by atoms with E-state index in [9.17, 15) is 0 Å². The molecule has 1 radical (unpaired) electrons. The zero-order valence-electron chi connectivity index (χ0n) is 6.20. The molecule has 0 aromatic carbocycles. The molecular formula is C8H7N2S2. The third-order valence-corrected chi connectivity index (χ3v) is 2.60. The van der Waals surface area contributed by atoms with E-state index in [1.165, 1.54) is 0 Å². The Hall–Kier alpha value is -0.740. The zero-order valence-corrected chi connectivity index (χ0v) is 7.84. The van der Waals surface area contributed by atoms with Crippen LogP contribution in [-0.2, 0) is 0 Å². The maximum Gasteiger partial charge on any atom is 0.0766 e. The lowest BCUT2D eigenvalue weighted by atomic mass is 10.3. The van der Waals surface area contributed by atoms with E-state index in [0.29, 0.717) is 0 Å². The van der Waals surface area contributed by atoms with Crippen LogP contribution in [0.5, 0.6) is 0 Å². The van der Waals surface area contributed by atoms with Crippen molar-refractivity contribution < 1.29 is 0 Å². The Morgan fingerprint density at radius 3 is 2.75 bits per heavy atom. The average Bonchev–Trinajstić information content (AvgIpc) is 2.21. The highest BCUT2D eigenvalue weighted by Crippen LogP contribution is 2.18. The van der Waals surface area contributed by atoms with Crippen LogP contribution >= 0.6 is 23.9 Å². The van der Waals surface area contributed by atoms with Gasteiger partial charge in [-0.3, -0.25) is 0 Å². The first-order valence-electron chi connectivity index (χ1n) is 3.46. The molecule has 4 heteroatoms. The molecule has 2 N–H and O–H groups in total. The Morgan fingerprint density at radius 1 is 1.17 bits per heavy atom. The second-order valence-electron chi connectivity index (χ2n) is 2.17. The molecule has 0 unspecified atom stereocenters. The van der Waals surface area contributed by atoms with E-state index in [0.717, 1.165) is 11.4 Å². The van der Waals surface area contributed by atoms with E-state index in [1.807, 2.05) is 29.0 Å². The van der Waals surface area contributed by atoms with Gasteiger partial charge in [-0.15, -0.1) is 0 Å². The standard InChI is InChI=1S/C8H7N2S2/c1-3-7(9-11-5-1)8-4-2-6-12-10-8/h1-3,5-6,9-10H. The van der Waals surface area contributed by atoms with Crippen LogP contribution < -0.4 is 9.44 Å². The fourth-order valence-electron chi connectivity index (χ4n) is 0.847. The third kappa shape index (κ3) is 1.70. The molecule has 0 aromatic rings. The number of hydrogen-bond donors (Lipinski definition) is 2. The second kappa shape index (κ2) is 3.78. The molecule has 2 heterocycles. The quantitative estimate of drug-likeness (QED) is 0.626. The first-order chi connectivity index (χ1) is 5.97. The summed E-state index contributed by atoms with van der Waals surface area (Å²) >= 11 is 3.12. The molecule has 2 nitrogen and oxygen atoms in total. The van der Waals surface area contributed by atoms with Gasteiger partial charge < -0.3 is 9.44 Å². The molecule has 12 heavy (non-hydrogen) atoms. The summed E-state index contributed by atoms with van der Waals surface area (Å²) in [5, 5.41) is 3.95. The van der Waals surface area contributed by atoms with Crippen molar-refractivity contribution in [2.24, 2.45) is 0 Å². The topological polar surface area (TPSA) is 24.1 Å². The average molecular weight is 195 g/mol. The normalized spacial score (nSPS) is 20.7. The van der Waals surface area contributed by atoms with Gasteiger partial charge in [-0.25, -0.2) is 0 Å². The summed E-state index contributed by atoms with van der Waals surface area (Å²) in [4.78, 5) is 0. The second-order valence-corrected chi connectivity index (χ2v) is 3.59. The Morgan fingerprint density at radius 2 is 2.08 bits per heavy atom. The zero-order chi connectivity index (χ0) is 8.23. The number of allylic oxidation sites excluding steroid dienone is 4. The predicted molar refractivity (Wildman–Crippen MR) is 54.6 cm³/mol. The molecule has 0 saturated carbocycles. The minimum absolute atomic E-state index is 0.999. The highest BCUT2D eigenvalue weighted by Gasteiger charge is 2.06. The lowest BCUT2D eigenvalue weighted by Crippen LogP contribution is -2.16. The van der Waals surface area contributed by atoms with Crippen LogP contribution in [0.2, 0.25) is 0 Å². The molecule has 0 aliphatic carbocycles. The van der Waals surface area contributed by atoms with Crippen LogP contribution in [0.1, 0.15) is 0 Å². The fraction of sp³-hybridized carbons (Fsp3) is 0. The molecule has 0 spiro atoms. The van der Waals surface area contributed by atoms with Crippen molar-refractivity contribution >= 4 is 23.9 Å². The molecule has 0 saturated heterocycles. The fourth-order valence-corrected chi connectivity index (χ4v) is 1.86. The summed E-state index contributed by atoms with van der Waals surface area (Å²) in [5.41, 5.74) is 2.07. The van der Waals surface area contributed by atoms with Crippen LogP contribution in [0.25, 0.3) is 0 Å². The Balaban J connectivity index is 2.17. The maximum atomic E-state index is 3.17. The van der Waals surface area contributed by atoms with Crippen LogP contribution in [-0.4, -0.2) is 0 Å². The van der Waals surface area contributed by atoms with E-state index in [4.69, 9.17) is 0 Å². The molecular weight excluding hydrogens is 188 g/mol. The van der Waals surface area contributed by atoms with Crippen molar-refractivity contribution in [1.82, 2.24) is 9.44 Å². The molecule has 0 bridgehead atoms. The SMILES string of the molecule is [C]1=C(C2=CC=CSN2)NSC=C1.